The van der Waals surface area contributed by atoms with E-state index in [-0.39, 0.29) is 11.3 Å². The Morgan fingerprint density at radius 2 is 1.67 bits per heavy atom. The molecule has 0 saturated heterocycles. The maximum atomic E-state index is 12.7. The molecule has 2 aromatic carbocycles. The minimum atomic E-state index is -0.612. The van der Waals surface area contributed by atoms with Crippen molar-refractivity contribution in [3.05, 3.63) is 54.1 Å². The number of carbonyl (C=O) groups is 1. The van der Waals surface area contributed by atoms with Gasteiger partial charge in [0, 0.05) is 5.56 Å². The molecule has 1 aromatic heterocycles. The summed E-state index contributed by atoms with van der Waals surface area (Å²) in [5.41, 5.74) is 2.20. The average Bonchev–Trinajstić information content (AvgIpc) is 3.20. The molecule has 1 atom stereocenters. The van der Waals surface area contributed by atoms with Crippen LogP contribution in [0.5, 0.6) is 11.5 Å². The van der Waals surface area contributed by atoms with Crippen molar-refractivity contribution in [2.75, 3.05) is 12.4 Å². The molecule has 3 rings (SSSR count). The monoisotopic (exact) mass is 425 g/mol. The highest BCUT2D eigenvalue weighted by atomic mass is 32.1. The Morgan fingerprint density at radius 1 is 1.03 bits per heavy atom. The minimum Gasteiger partial charge on any atom is -0.497 e. The molecular weight excluding hydrogens is 398 g/mol. The van der Waals surface area contributed by atoms with Crippen LogP contribution in [0.25, 0.3) is 10.6 Å². The molecule has 0 aliphatic carbocycles. The lowest BCUT2D eigenvalue weighted by atomic mass is 9.87. The summed E-state index contributed by atoms with van der Waals surface area (Å²) >= 11 is 1.32. The first-order valence-electron chi connectivity index (χ1n) is 9.86. The third-order valence-electron chi connectivity index (χ3n) is 4.65. The number of rotatable bonds is 7. The number of methoxy groups -OCH3 is 1. The van der Waals surface area contributed by atoms with E-state index in [1.54, 1.807) is 7.11 Å². The standard InChI is InChI=1S/C23H27N3O3S/c1-6-19(29-18-13-9-16(10-14-18)23(2,3)4)20(27)24-22-26-25-21(30-22)15-7-11-17(28-5)12-8-15/h7-14,19H,6H2,1-5H3,(H,24,26,27). The summed E-state index contributed by atoms with van der Waals surface area (Å²) in [5, 5.41) is 12.2. The number of nitrogens with zero attached hydrogens (tertiary/aromatic N) is 2. The minimum absolute atomic E-state index is 0.0689. The number of ether oxygens (including phenoxy) is 2. The fourth-order valence-corrected chi connectivity index (χ4v) is 3.58. The van der Waals surface area contributed by atoms with E-state index in [0.29, 0.717) is 17.3 Å². The molecule has 1 amide bonds. The van der Waals surface area contributed by atoms with Crippen molar-refractivity contribution in [3.63, 3.8) is 0 Å². The van der Waals surface area contributed by atoms with Crippen LogP contribution in [0, 0.1) is 0 Å². The zero-order valence-electron chi connectivity index (χ0n) is 17.9. The highest BCUT2D eigenvalue weighted by molar-refractivity contribution is 7.18. The predicted molar refractivity (Wildman–Crippen MR) is 120 cm³/mol. The van der Waals surface area contributed by atoms with Crippen molar-refractivity contribution in [1.29, 1.82) is 0 Å². The highest BCUT2D eigenvalue weighted by Gasteiger charge is 2.21. The van der Waals surface area contributed by atoms with Crippen LogP contribution in [0.1, 0.15) is 39.7 Å². The molecule has 158 valence electrons. The first-order chi connectivity index (χ1) is 14.3. The molecule has 6 nitrogen and oxygen atoms in total. The molecule has 1 unspecified atom stereocenters. The van der Waals surface area contributed by atoms with E-state index in [0.717, 1.165) is 16.3 Å². The second kappa shape index (κ2) is 9.26. The van der Waals surface area contributed by atoms with Gasteiger partial charge < -0.3 is 9.47 Å². The number of anilines is 1. The van der Waals surface area contributed by atoms with Crippen molar-refractivity contribution >= 4 is 22.4 Å². The lowest BCUT2D eigenvalue weighted by Gasteiger charge is -2.20. The predicted octanol–water partition coefficient (Wildman–Crippen LogP) is 5.31. The van der Waals surface area contributed by atoms with Gasteiger partial charge in [0.1, 0.15) is 16.5 Å². The summed E-state index contributed by atoms with van der Waals surface area (Å²) in [6.45, 7) is 8.39. The first-order valence-corrected chi connectivity index (χ1v) is 10.7. The zero-order valence-corrected chi connectivity index (χ0v) is 18.7. The number of nitrogens with one attached hydrogen (secondary N) is 1. The fourth-order valence-electron chi connectivity index (χ4n) is 2.83. The molecule has 30 heavy (non-hydrogen) atoms. The van der Waals surface area contributed by atoms with Gasteiger partial charge in [0.2, 0.25) is 5.13 Å². The number of hydrogen-bond donors (Lipinski definition) is 1. The van der Waals surface area contributed by atoms with Gasteiger partial charge in [0.05, 0.1) is 7.11 Å². The third kappa shape index (κ3) is 5.36. The van der Waals surface area contributed by atoms with Gasteiger partial charge in [-0.1, -0.05) is 51.2 Å². The molecule has 3 aromatic rings. The molecule has 0 aliphatic heterocycles. The average molecular weight is 426 g/mol. The molecule has 0 aliphatic rings. The van der Waals surface area contributed by atoms with E-state index in [1.807, 2.05) is 55.5 Å². The summed E-state index contributed by atoms with van der Waals surface area (Å²) in [4.78, 5) is 12.7. The number of carbonyl (C=O) groups excluding carboxylic acids is 1. The van der Waals surface area contributed by atoms with Crippen LogP contribution in [-0.4, -0.2) is 29.3 Å². The van der Waals surface area contributed by atoms with Crippen molar-refractivity contribution in [3.8, 4) is 22.1 Å². The van der Waals surface area contributed by atoms with Gasteiger partial charge >= 0.3 is 0 Å². The van der Waals surface area contributed by atoms with E-state index in [9.17, 15) is 4.79 Å². The molecule has 0 fully saturated rings. The van der Waals surface area contributed by atoms with Crippen molar-refractivity contribution in [1.82, 2.24) is 10.2 Å². The van der Waals surface area contributed by atoms with Gasteiger partial charge in [-0.2, -0.15) is 0 Å². The molecule has 1 N–H and O–H groups in total. The maximum absolute atomic E-state index is 12.7. The van der Waals surface area contributed by atoms with Gasteiger partial charge in [0.15, 0.2) is 6.10 Å². The van der Waals surface area contributed by atoms with Crippen molar-refractivity contribution in [2.45, 2.75) is 45.6 Å². The van der Waals surface area contributed by atoms with Crippen LogP contribution in [0.3, 0.4) is 0 Å². The zero-order chi connectivity index (χ0) is 21.7. The smallest absolute Gasteiger partial charge is 0.267 e. The van der Waals surface area contributed by atoms with Crippen LogP contribution in [-0.2, 0) is 10.2 Å². The Labute approximate surface area is 181 Å². The number of benzene rings is 2. The van der Waals surface area contributed by atoms with Crippen molar-refractivity contribution in [2.24, 2.45) is 0 Å². The Hall–Kier alpha value is -2.93. The van der Waals surface area contributed by atoms with E-state index < -0.39 is 6.10 Å². The largest absolute Gasteiger partial charge is 0.497 e. The maximum Gasteiger partial charge on any atom is 0.267 e. The normalized spacial score (nSPS) is 12.3. The van der Waals surface area contributed by atoms with Crippen molar-refractivity contribution < 1.29 is 14.3 Å². The van der Waals surface area contributed by atoms with Gasteiger partial charge in [-0.3, -0.25) is 10.1 Å². The number of amides is 1. The number of hydrogen-bond acceptors (Lipinski definition) is 6. The second-order valence-corrected chi connectivity index (χ2v) is 8.90. The second-order valence-electron chi connectivity index (χ2n) is 7.92. The van der Waals surface area contributed by atoms with E-state index in [2.05, 4.69) is 36.3 Å². The SMILES string of the molecule is CCC(Oc1ccc(C(C)(C)C)cc1)C(=O)Nc1nnc(-c2ccc(OC)cc2)s1. The Kier molecular flexibility index (Phi) is 6.72. The molecule has 7 heteroatoms. The van der Waals surface area contributed by atoms with E-state index in [4.69, 9.17) is 9.47 Å². The topological polar surface area (TPSA) is 73.3 Å². The lowest BCUT2D eigenvalue weighted by molar-refractivity contribution is -0.122. The highest BCUT2D eigenvalue weighted by Crippen LogP contribution is 2.28. The van der Waals surface area contributed by atoms with E-state index >= 15 is 0 Å². The summed E-state index contributed by atoms with van der Waals surface area (Å²) < 4.78 is 11.1. The van der Waals surface area contributed by atoms with Crippen LogP contribution < -0.4 is 14.8 Å². The molecule has 0 radical (unpaired) electrons. The van der Waals surface area contributed by atoms with Gasteiger partial charge in [0.25, 0.3) is 5.91 Å². The molecular formula is C23H27N3O3S. The Morgan fingerprint density at radius 3 is 2.23 bits per heavy atom. The summed E-state index contributed by atoms with van der Waals surface area (Å²) in [5.74, 6) is 1.20. The first kappa shape index (κ1) is 21.8. The quantitative estimate of drug-likeness (QED) is 0.555. The van der Waals surface area contributed by atoms with Gasteiger partial charge in [-0.05, 0) is 53.8 Å². The Balaban J connectivity index is 1.64. The van der Waals surface area contributed by atoms with E-state index in [1.165, 1.54) is 16.9 Å². The Bertz CT molecular complexity index is 976. The van der Waals surface area contributed by atoms with Gasteiger partial charge in [-0.25, -0.2) is 0 Å². The van der Waals surface area contributed by atoms with Gasteiger partial charge in [-0.15, -0.1) is 10.2 Å². The number of aromatic nitrogens is 2. The summed E-state index contributed by atoms with van der Waals surface area (Å²) in [6.07, 6.45) is -0.0735. The molecule has 1 heterocycles. The third-order valence-corrected chi connectivity index (χ3v) is 5.54. The summed E-state index contributed by atoms with van der Waals surface area (Å²) in [7, 11) is 1.62. The summed E-state index contributed by atoms with van der Waals surface area (Å²) in [6, 6.07) is 15.4. The molecule has 0 saturated carbocycles. The van der Waals surface area contributed by atoms with Crippen LogP contribution in [0.2, 0.25) is 0 Å². The lowest BCUT2D eigenvalue weighted by Crippen LogP contribution is -2.32. The molecule has 0 spiro atoms. The fraction of sp³-hybridized carbons (Fsp3) is 0.348. The van der Waals surface area contributed by atoms with Crippen LogP contribution in [0.4, 0.5) is 5.13 Å². The molecule has 0 bridgehead atoms. The van der Waals surface area contributed by atoms with Crippen LogP contribution in [0.15, 0.2) is 48.5 Å². The van der Waals surface area contributed by atoms with Crippen LogP contribution >= 0.6 is 11.3 Å².